The van der Waals surface area contributed by atoms with Crippen molar-refractivity contribution in [3.05, 3.63) is 12.7 Å². The number of esters is 1. The fraction of sp³-hybridized carbons (Fsp3) is 0.750. The van der Waals surface area contributed by atoms with Gasteiger partial charge in [0.05, 0.1) is 0 Å². The standard InChI is InChI=1S/C12H20O2/c1-3-5-8-11(13)14-12(4-2)9-6-7-10-12/h3H,1,4-10H2,2H3. The molecule has 80 valence electrons. The molecule has 0 spiro atoms. The van der Waals surface area contributed by atoms with Crippen LogP contribution >= 0.6 is 0 Å². The molecular weight excluding hydrogens is 176 g/mol. The van der Waals surface area contributed by atoms with Crippen LogP contribution in [0.3, 0.4) is 0 Å². The first-order chi connectivity index (χ1) is 6.72. The van der Waals surface area contributed by atoms with Gasteiger partial charge in [0.15, 0.2) is 0 Å². The summed E-state index contributed by atoms with van der Waals surface area (Å²) in [4.78, 5) is 11.5. The Morgan fingerprint density at radius 2 is 2.14 bits per heavy atom. The van der Waals surface area contributed by atoms with Gasteiger partial charge in [-0.05, 0) is 38.5 Å². The molecule has 1 rings (SSSR count). The Labute approximate surface area is 86.3 Å². The minimum absolute atomic E-state index is 0.0614. The number of rotatable bonds is 5. The zero-order chi connectivity index (χ0) is 10.4. The maximum Gasteiger partial charge on any atom is 0.306 e. The van der Waals surface area contributed by atoms with E-state index in [1.54, 1.807) is 6.08 Å². The van der Waals surface area contributed by atoms with Crippen LogP contribution in [-0.4, -0.2) is 11.6 Å². The first-order valence-electron chi connectivity index (χ1n) is 5.55. The zero-order valence-electron chi connectivity index (χ0n) is 9.05. The predicted molar refractivity (Wildman–Crippen MR) is 57.0 cm³/mol. The highest BCUT2D eigenvalue weighted by molar-refractivity contribution is 5.70. The summed E-state index contributed by atoms with van der Waals surface area (Å²) < 4.78 is 5.56. The third-order valence-corrected chi connectivity index (χ3v) is 3.04. The van der Waals surface area contributed by atoms with E-state index in [2.05, 4.69) is 13.5 Å². The minimum atomic E-state index is -0.127. The monoisotopic (exact) mass is 196 g/mol. The first kappa shape index (κ1) is 11.3. The Morgan fingerprint density at radius 1 is 1.50 bits per heavy atom. The lowest BCUT2D eigenvalue weighted by atomic mass is 9.99. The van der Waals surface area contributed by atoms with Gasteiger partial charge in [-0.15, -0.1) is 6.58 Å². The van der Waals surface area contributed by atoms with Crippen LogP contribution in [-0.2, 0) is 9.53 Å². The summed E-state index contributed by atoms with van der Waals surface area (Å²) in [5, 5.41) is 0. The van der Waals surface area contributed by atoms with Crippen molar-refractivity contribution in [2.45, 2.75) is 57.5 Å². The number of hydrogen-bond donors (Lipinski definition) is 0. The molecule has 0 radical (unpaired) electrons. The second kappa shape index (κ2) is 5.18. The molecule has 1 aliphatic carbocycles. The van der Waals surface area contributed by atoms with Crippen molar-refractivity contribution in [2.75, 3.05) is 0 Å². The van der Waals surface area contributed by atoms with Crippen LogP contribution in [0, 0.1) is 0 Å². The highest BCUT2D eigenvalue weighted by Crippen LogP contribution is 2.36. The Kier molecular flexibility index (Phi) is 4.18. The van der Waals surface area contributed by atoms with Gasteiger partial charge >= 0.3 is 5.97 Å². The van der Waals surface area contributed by atoms with Crippen LogP contribution in [0.25, 0.3) is 0 Å². The lowest BCUT2D eigenvalue weighted by Crippen LogP contribution is -2.30. The molecule has 0 aromatic rings. The molecule has 0 aromatic heterocycles. The van der Waals surface area contributed by atoms with Crippen molar-refractivity contribution in [1.29, 1.82) is 0 Å². The van der Waals surface area contributed by atoms with E-state index in [0.29, 0.717) is 6.42 Å². The molecule has 0 amide bonds. The molecule has 2 nitrogen and oxygen atoms in total. The SMILES string of the molecule is C=CCCC(=O)OC1(CC)CCCC1. The van der Waals surface area contributed by atoms with E-state index < -0.39 is 0 Å². The maximum atomic E-state index is 11.5. The summed E-state index contributed by atoms with van der Waals surface area (Å²) in [5.41, 5.74) is -0.127. The summed E-state index contributed by atoms with van der Waals surface area (Å²) in [5.74, 6) is -0.0614. The van der Waals surface area contributed by atoms with Gasteiger partial charge in [-0.25, -0.2) is 0 Å². The lowest BCUT2D eigenvalue weighted by molar-refractivity contribution is -0.159. The van der Waals surface area contributed by atoms with Crippen molar-refractivity contribution in [3.63, 3.8) is 0 Å². The molecule has 0 bridgehead atoms. The first-order valence-corrected chi connectivity index (χ1v) is 5.55. The highest BCUT2D eigenvalue weighted by atomic mass is 16.6. The summed E-state index contributed by atoms with van der Waals surface area (Å²) in [6, 6.07) is 0. The quantitative estimate of drug-likeness (QED) is 0.498. The number of carbonyl (C=O) groups is 1. The molecule has 0 saturated heterocycles. The van der Waals surface area contributed by atoms with E-state index >= 15 is 0 Å². The Hall–Kier alpha value is -0.790. The van der Waals surface area contributed by atoms with Crippen LogP contribution in [0.15, 0.2) is 12.7 Å². The van der Waals surface area contributed by atoms with E-state index in [0.717, 1.165) is 25.7 Å². The molecule has 14 heavy (non-hydrogen) atoms. The lowest BCUT2D eigenvalue weighted by Gasteiger charge is -2.27. The summed E-state index contributed by atoms with van der Waals surface area (Å²) in [7, 11) is 0. The van der Waals surface area contributed by atoms with Crippen molar-refractivity contribution >= 4 is 5.97 Å². The smallest absolute Gasteiger partial charge is 0.306 e. The Bertz CT molecular complexity index is 202. The molecule has 0 N–H and O–H groups in total. The van der Waals surface area contributed by atoms with Gasteiger partial charge in [0.1, 0.15) is 5.60 Å². The molecule has 1 aliphatic rings. The predicted octanol–water partition coefficient (Wildman–Crippen LogP) is 3.22. The van der Waals surface area contributed by atoms with Crippen molar-refractivity contribution in [1.82, 2.24) is 0 Å². The summed E-state index contributed by atoms with van der Waals surface area (Å²) in [6.07, 6.45) is 8.39. The van der Waals surface area contributed by atoms with Gasteiger partial charge in [-0.2, -0.15) is 0 Å². The third kappa shape index (κ3) is 2.86. The van der Waals surface area contributed by atoms with Gasteiger partial charge in [0.25, 0.3) is 0 Å². The topological polar surface area (TPSA) is 26.3 Å². The third-order valence-electron chi connectivity index (χ3n) is 3.04. The fourth-order valence-corrected chi connectivity index (χ4v) is 2.06. The molecule has 1 saturated carbocycles. The van der Waals surface area contributed by atoms with Crippen molar-refractivity contribution in [2.24, 2.45) is 0 Å². The molecule has 0 unspecified atom stereocenters. The largest absolute Gasteiger partial charge is 0.459 e. The van der Waals surface area contributed by atoms with E-state index in [-0.39, 0.29) is 11.6 Å². The van der Waals surface area contributed by atoms with E-state index in [4.69, 9.17) is 4.74 Å². The van der Waals surface area contributed by atoms with Crippen molar-refractivity contribution < 1.29 is 9.53 Å². The fourth-order valence-electron chi connectivity index (χ4n) is 2.06. The number of ether oxygens (including phenoxy) is 1. The molecule has 0 aromatic carbocycles. The molecule has 0 atom stereocenters. The van der Waals surface area contributed by atoms with E-state index in [1.807, 2.05) is 0 Å². The number of allylic oxidation sites excluding steroid dienone is 1. The van der Waals surface area contributed by atoms with Crippen LogP contribution < -0.4 is 0 Å². The molecule has 0 aliphatic heterocycles. The van der Waals surface area contributed by atoms with Crippen LogP contribution in [0.2, 0.25) is 0 Å². The van der Waals surface area contributed by atoms with Gasteiger partial charge in [0.2, 0.25) is 0 Å². The van der Waals surface area contributed by atoms with Gasteiger partial charge in [-0.3, -0.25) is 4.79 Å². The van der Waals surface area contributed by atoms with Crippen LogP contribution in [0.1, 0.15) is 51.9 Å². The molecule has 0 heterocycles. The van der Waals surface area contributed by atoms with E-state index in [9.17, 15) is 4.79 Å². The summed E-state index contributed by atoms with van der Waals surface area (Å²) in [6.45, 7) is 5.70. The number of carbonyl (C=O) groups excluding carboxylic acids is 1. The second-order valence-electron chi connectivity index (χ2n) is 4.05. The van der Waals surface area contributed by atoms with Gasteiger partial charge < -0.3 is 4.74 Å². The minimum Gasteiger partial charge on any atom is -0.459 e. The molecule has 1 fully saturated rings. The van der Waals surface area contributed by atoms with Crippen molar-refractivity contribution in [3.8, 4) is 0 Å². The average molecular weight is 196 g/mol. The van der Waals surface area contributed by atoms with Crippen LogP contribution in [0.4, 0.5) is 0 Å². The Balaban J connectivity index is 2.39. The number of hydrogen-bond acceptors (Lipinski definition) is 2. The highest BCUT2D eigenvalue weighted by Gasteiger charge is 2.35. The normalized spacial score (nSPS) is 19.2. The Morgan fingerprint density at radius 3 is 2.64 bits per heavy atom. The van der Waals surface area contributed by atoms with E-state index in [1.165, 1.54) is 12.8 Å². The average Bonchev–Trinajstić information content (AvgIpc) is 2.64. The maximum absolute atomic E-state index is 11.5. The van der Waals surface area contributed by atoms with Crippen LogP contribution in [0.5, 0.6) is 0 Å². The van der Waals surface area contributed by atoms with Gasteiger partial charge in [0, 0.05) is 6.42 Å². The molecular formula is C12H20O2. The summed E-state index contributed by atoms with van der Waals surface area (Å²) >= 11 is 0. The zero-order valence-corrected chi connectivity index (χ0v) is 9.05. The van der Waals surface area contributed by atoms with Gasteiger partial charge in [-0.1, -0.05) is 13.0 Å². The second-order valence-corrected chi connectivity index (χ2v) is 4.05. The molecule has 2 heteroatoms.